The fourth-order valence-corrected chi connectivity index (χ4v) is 3.43. The zero-order valence-corrected chi connectivity index (χ0v) is 18.3. The van der Waals surface area contributed by atoms with Gasteiger partial charge >= 0.3 is 0 Å². The van der Waals surface area contributed by atoms with Gasteiger partial charge in [-0.3, -0.25) is 14.3 Å². The molecule has 1 aliphatic carbocycles. The van der Waals surface area contributed by atoms with E-state index in [1.165, 1.54) is 6.20 Å². The fraction of sp³-hybridized carbons (Fsp3) is 0.304. The van der Waals surface area contributed by atoms with E-state index in [0.29, 0.717) is 35.1 Å². The molecule has 3 N–H and O–H groups in total. The first-order valence-electron chi connectivity index (χ1n) is 10.5. The van der Waals surface area contributed by atoms with Gasteiger partial charge in [0.05, 0.1) is 30.2 Å². The van der Waals surface area contributed by atoms with Crippen LogP contribution >= 0.6 is 0 Å². The van der Waals surface area contributed by atoms with Gasteiger partial charge in [-0.25, -0.2) is 4.98 Å². The van der Waals surface area contributed by atoms with Gasteiger partial charge < -0.3 is 20.7 Å². The van der Waals surface area contributed by atoms with Gasteiger partial charge in [-0.1, -0.05) is 12.1 Å². The molecule has 0 saturated heterocycles. The van der Waals surface area contributed by atoms with E-state index in [1.807, 2.05) is 38.4 Å². The Morgan fingerprint density at radius 1 is 1.22 bits per heavy atom. The molecule has 9 nitrogen and oxygen atoms in total. The second-order valence-corrected chi connectivity index (χ2v) is 7.65. The number of amides is 2. The van der Waals surface area contributed by atoms with Crippen LogP contribution < -0.4 is 20.7 Å². The molecule has 4 rings (SSSR count). The van der Waals surface area contributed by atoms with Crippen molar-refractivity contribution in [2.24, 2.45) is 13.0 Å². The molecule has 1 saturated carbocycles. The van der Waals surface area contributed by atoms with E-state index in [9.17, 15) is 9.59 Å². The number of para-hydroxylation sites is 1. The highest BCUT2D eigenvalue weighted by molar-refractivity contribution is 6.02. The molecule has 166 valence electrons. The van der Waals surface area contributed by atoms with Gasteiger partial charge in [0.25, 0.3) is 5.91 Å². The normalized spacial score (nSPS) is 12.8. The molecule has 0 atom stereocenters. The summed E-state index contributed by atoms with van der Waals surface area (Å²) in [6.07, 6.45) is 6.92. The number of carbonyl (C=O) groups excluding carboxylic acids is 2. The number of nitrogens with zero attached hydrogens (tertiary/aromatic N) is 3. The summed E-state index contributed by atoms with van der Waals surface area (Å²) in [7, 11) is 3.45. The summed E-state index contributed by atoms with van der Waals surface area (Å²) >= 11 is 0. The van der Waals surface area contributed by atoms with Gasteiger partial charge in [0.1, 0.15) is 11.6 Å². The summed E-state index contributed by atoms with van der Waals surface area (Å²) in [5, 5.41) is 13.2. The second kappa shape index (κ2) is 9.09. The first-order valence-corrected chi connectivity index (χ1v) is 10.5. The maximum Gasteiger partial charge on any atom is 0.254 e. The van der Waals surface area contributed by atoms with Crippen LogP contribution in [0.15, 0.2) is 42.9 Å². The maximum atomic E-state index is 12.6. The molecule has 2 aromatic heterocycles. The lowest BCUT2D eigenvalue weighted by atomic mass is 10.1. The smallest absolute Gasteiger partial charge is 0.254 e. The van der Waals surface area contributed by atoms with Gasteiger partial charge in [-0.15, -0.1) is 0 Å². The van der Waals surface area contributed by atoms with Gasteiger partial charge in [0.15, 0.2) is 0 Å². The minimum atomic E-state index is -0.259. The number of hydrogen-bond acceptors (Lipinski definition) is 6. The average Bonchev–Trinajstić information content (AvgIpc) is 3.55. The van der Waals surface area contributed by atoms with Crippen molar-refractivity contribution in [3.05, 3.63) is 48.4 Å². The van der Waals surface area contributed by atoms with E-state index >= 15 is 0 Å². The van der Waals surface area contributed by atoms with E-state index in [4.69, 9.17) is 4.74 Å². The van der Waals surface area contributed by atoms with Gasteiger partial charge in [0, 0.05) is 49.1 Å². The lowest BCUT2D eigenvalue weighted by Crippen LogP contribution is -2.24. The lowest BCUT2D eigenvalue weighted by Gasteiger charge is -2.17. The Bertz CT molecular complexity index is 1150. The standard InChI is InChI=1S/C23H26N6O3/c1-4-24-23(31)17-12-25-20(28-22(30)14-8-9-14)10-19(17)27-18-7-5-6-16(21(18)32-3)15-11-26-29(2)13-15/h5-7,10-14H,4,8-9H2,1-3H3,(H,24,31)(H2,25,27,28,30). The molecule has 0 radical (unpaired) electrons. The summed E-state index contributed by atoms with van der Waals surface area (Å²) in [4.78, 5) is 29.1. The van der Waals surface area contributed by atoms with Crippen molar-refractivity contribution in [3.8, 4) is 16.9 Å². The quantitative estimate of drug-likeness (QED) is 0.502. The lowest BCUT2D eigenvalue weighted by molar-refractivity contribution is -0.117. The van der Waals surface area contributed by atoms with Crippen LogP contribution in [0.2, 0.25) is 0 Å². The summed E-state index contributed by atoms with van der Waals surface area (Å²) in [6, 6.07) is 7.37. The van der Waals surface area contributed by atoms with Crippen LogP contribution in [0.5, 0.6) is 5.75 Å². The molecule has 1 fully saturated rings. The van der Waals surface area contributed by atoms with Gasteiger partial charge in [0.2, 0.25) is 5.91 Å². The highest BCUT2D eigenvalue weighted by atomic mass is 16.5. The Labute approximate surface area is 186 Å². The number of aryl methyl sites for hydroxylation is 1. The SMILES string of the molecule is CCNC(=O)c1cnc(NC(=O)C2CC2)cc1Nc1cccc(-c2cnn(C)c2)c1OC. The number of anilines is 3. The molecular formula is C23H26N6O3. The van der Waals surface area contributed by atoms with Crippen LogP contribution in [-0.2, 0) is 11.8 Å². The van der Waals surface area contributed by atoms with E-state index in [2.05, 4.69) is 26.0 Å². The minimum Gasteiger partial charge on any atom is -0.494 e. The molecule has 2 amide bonds. The summed E-state index contributed by atoms with van der Waals surface area (Å²) in [5.41, 5.74) is 3.32. The average molecular weight is 435 g/mol. The van der Waals surface area contributed by atoms with Gasteiger partial charge in [-0.05, 0) is 25.8 Å². The summed E-state index contributed by atoms with van der Waals surface area (Å²) in [5.74, 6) is 0.741. The van der Waals surface area contributed by atoms with Crippen LogP contribution in [0.25, 0.3) is 11.1 Å². The van der Waals surface area contributed by atoms with Crippen LogP contribution in [0, 0.1) is 5.92 Å². The number of hydrogen-bond donors (Lipinski definition) is 3. The van der Waals surface area contributed by atoms with Crippen molar-refractivity contribution >= 4 is 29.0 Å². The topological polar surface area (TPSA) is 110 Å². The van der Waals surface area contributed by atoms with Crippen LogP contribution in [0.4, 0.5) is 17.2 Å². The minimum absolute atomic E-state index is 0.0486. The molecule has 1 aromatic carbocycles. The molecular weight excluding hydrogens is 408 g/mol. The molecule has 32 heavy (non-hydrogen) atoms. The molecule has 3 aromatic rings. The second-order valence-electron chi connectivity index (χ2n) is 7.65. The number of rotatable bonds is 8. The number of ether oxygens (including phenoxy) is 1. The Morgan fingerprint density at radius 3 is 2.69 bits per heavy atom. The van der Waals surface area contributed by atoms with Crippen molar-refractivity contribution in [2.75, 3.05) is 24.3 Å². The third-order valence-electron chi connectivity index (χ3n) is 5.19. The first-order chi connectivity index (χ1) is 15.5. The van der Waals surface area contributed by atoms with Crippen molar-refractivity contribution in [1.82, 2.24) is 20.1 Å². The van der Waals surface area contributed by atoms with Crippen molar-refractivity contribution in [3.63, 3.8) is 0 Å². The zero-order valence-electron chi connectivity index (χ0n) is 18.3. The van der Waals surface area contributed by atoms with E-state index < -0.39 is 0 Å². The van der Waals surface area contributed by atoms with Crippen LogP contribution in [-0.4, -0.2) is 40.2 Å². The molecule has 9 heteroatoms. The maximum absolute atomic E-state index is 12.6. The Hall–Kier alpha value is -3.88. The number of aromatic nitrogens is 3. The number of benzene rings is 1. The molecule has 0 spiro atoms. The van der Waals surface area contributed by atoms with E-state index in [1.54, 1.807) is 24.1 Å². The van der Waals surface area contributed by atoms with Crippen LogP contribution in [0.1, 0.15) is 30.1 Å². The fourth-order valence-electron chi connectivity index (χ4n) is 3.43. The van der Waals surface area contributed by atoms with Crippen LogP contribution in [0.3, 0.4) is 0 Å². The van der Waals surface area contributed by atoms with E-state index in [0.717, 1.165) is 24.0 Å². The number of nitrogens with one attached hydrogen (secondary N) is 3. The Kier molecular flexibility index (Phi) is 6.07. The summed E-state index contributed by atoms with van der Waals surface area (Å²) in [6.45, 7) is 2.33. The molecule has 0 bridgehead atoms. The Balaban J connectivity index is 1.71. The Morgan fingerprint density at radius 2 is 2.03 bits per heavy atom. The number of carbonyl (C=O) groups is 2. The zero-order chi connectivity index (χ0) is 22.7. The largest absolute Gasteiger partial charge is 0.494 e. The summed E-state index contributed by atoms with van der Waals surface area (Å²) < 4.78 is 7.43. The van der Waals surface area contributed by atoms with Gasteiger partial charge in [-0.2, -0.15) is 5.10 Å². The molecule has 0 unspecified atom stereocenters. The number of methoxy groups -OCH3 is 1. The third-order valence-corrected chi connectivity index (χ3v) is 5.19. The predicted octanol–water partition coefficient (Wildman–Crippen LogP) is 3.33. The molecule has 1 aliphatic rings. The van der Waals surface area contributed by atoms with E-state index in [-0.39, 0.29) is 17.7 Å². The van der Waals surface area contributed by atoms with Crippen molar-refractivity contribution in [1.29, 1.82) is 0 Å². The number of pyridine rings is 1. The molecule has 2 heterocycles. The predicted molar refractivity (Wildman–Crippen MR) is 122 cm³/mol. The van der Waals surface area contributed by atoms with Crippen molar-refractivity contribution < 1.29 is 14.3 Å². The van der Waals surface area contributed by atoms with Crippen molar-refractivity contribution in [2.45, 2.75) is 19.8 Å². The molecule has 0 aliphatic heterocycles. The highest BCUT2D eigenvalue weighted by Gasteiger charge is 2.30. The third kappa shape index (κ3) is 4.56. The highest BCUT2D eigenvalue weighted by Crippen LogP contribution is 2.38. The first kappa shape index (κ1) is 21.4. The monoisotopic (exact) mass is 434 g/mol.